The van der Waals surface area contributed by atoms with E-state index in [0.29, 0.717) is 0 Å². The molecule has 0 aromatic rings. The zero-order valence-corrected chi connectivity index (χ0v) is 14.5. The third-order valence-corrected chi connectivity index (χ3v) is 3.46. The van der Waals surface area contributed by atoms with Crippen molar-refractivity contribution in [2.75, 3.05) is 13.1 Å². The van der Waals surface area contributed by atoms with Crippen LogP contribution in [0.4, 0.5) is 0 Å². The maximum absolute atomic E-state index is 3.38. The average Bonchev–Trinajstić information content (AvgIpc) is 2.35. The molecule has 1 nitrogen and oxygen atoms in total. The topological polar surface area (TPSA) is 12.0 Å². The SMILES string of the molecule is Br.CCCCCCCCCCCCCCNCC. The van der Waals surface area contributed by atoms with Crippen molar-refractivity contribution in [1.29, 1.82) is 0 Å². The predicted molar refractivity (Wildman–Crippen MR) is 89.9 cm³/mol. The first-order chi connectivity index (χ1) is 8.41. The lowest BCUT2D eigenvalue weighted by Gasteiger charge is -2.03. The van der Waals surface area contributed by atoms with E-state index in [0.717, 1.165) is 6.54 Å². The minimum absolute atomic E-state index is 0. The Hall–Kier alpha value is 0.440. The Morgan fingerprint density at radius 3 is 1.33 bits per heavy atom. The number of rotatable bonds is 14. The molecule has 1 N–H and O–H groups in total. The summed E-state index contributed by atoms with van der Waals surface area (Å²) in [6.07, 6.45) is 17.3. The number of halogens is 1. The monoisotopic (exact) mass is 321 g/mol. The molecule has 2 heteroatoms. The summed E-state index contributed by atoms with van der Waals surface area (Å²) in [6, 6.07) is 0. The van der Waals surface area contributed by atoms with Crippen molar-refractivity contribution in [1.82, 2.24) is 5.32 Å². The second-order valence-corrected chi connectivity index (χ2v) is 5.24. The molecule has 112 valence electrons. The van der Waals surface area contributed by atoms with E-state index >= 15 is 0 Å². The van der Waals surface area contributed by atoms with Gasteiger partial charge in [-0.2, -0.15) is 0 Å². The van der Waals surface area contributed by atoms with Gasteiger partial charge in [-0.1, -0.05) is 84.5 Å². The van der Waals surface area contributed by atoms with Gasteiger partial charge in [0, 0.05) is 0 Å². The van der Waals surface area contributed by atoms with Crippen LogP contribution in [-0.2, 0) is 0 Å². The molecule has 0 aliphatic carbocycles. The summed E-state index contributed by atoms with van der Waals surface area (Å²) >= 11 is 0. The highest BCUT2D eigenvalue weighted by Gasteiger charge is 1.93. The van der Waals surface area contributed by atoms with Crippen molar-refractivity contribution in [2.45, 2.75) is 90.9 Å². The summed E-state index contributed by atoms with van der Waals surface area (Å²) < 4.78 is 0. The van der Waals surface area contributed by atoms with Crippen molar-refractivity contribution < 1.29 is 0 Å². The molecule has 0 radical (unpaired) electrons. The fourth-order valence-corrected chi connectivity index (χ4v) is 2.27. The summed E-state index contributed by atoms with van der Waals surface area (Å²) in [6.45, 7) is 6.81. The lowest BCUT2D eigenvalue weighted by Crippen LogP contribution is -2.13. The van der Waals surface area contributed by atoms with Crippen LogP contribution in [0.3, 0.4) is 0 Å². The molecule has 0 unspecified atom stereocenters. The molecule has 0 bridgehead atoms. The number of nitrogens with one attached hydrogen (secondary N) is 1. The van der Waals surface area contributed by atoms with E-state index in [-0.39, 0.29) is 17.0 Å². The summed E-state index contributed by atoms with van der Waals surface area (Å²) in [5.74, 6) is 0. The Bertz CT molecular complexity index is 114. The van der Waals surface area contributed by atoms with Gasteiger partial charge in [0.15, 0.2) is 0 Å². The van der Waals surface area contributed by atoms with E-state index in [1.54, 1.807) is 0 Å². The number of hydrogen-bond donors (Lipinski definition) is 1. The van der Waals surface area contributed by atoms with Crippen LogP contribution in [0, 0.1) is 0 Å². The van der Waals surface area contributed by atoms with Gasteiger partial charge in [-0.05, 0) is 19.5 Å². The van der Waals surface area contributed by atoms with Gasteiger partial charge in [-0.15, -0.1) is 17.0 Å². The maximum atomic E-state index is 3.38. The summed E-state index contributed by atoms with van der Waals surface area (Å²) in [5.41, 5.74) is 0. The van der Waals surface area contributed by atoms with E-state index in [2.05, 4.69) is 19.2 Å². The van der Waals surface area contributed by atoms with Crippen molar-refractivity contribution in [3.8, 4) is 0 Å². The van der Waals surface area contributed by atoms with Crippen molar-refractivity contribution in [2.24, 2.45) is 0 Å². The van der Waals surface area contributed by atoms with Gasteiger partial charge in [0.05, 0.1) is 0 Å². The third-order valence-electron chi connectivity index (χ3n) is 3.46. The predicted octanol–water partition coefficient (Wildman–Crippen LogP) is 5.87. The van der Waals surface area contributed by atoms with Crippen LogP contribution < -0.4 is 5.32 Å². The standard InChI is InChI=1S/C16H35N.BrH/c1-3-5-6-7-8-9-10-11-12-13-14-15-16-17-4-2;/h17H,3-16H2,1-2H3;1H. The molecule has 0 fully saturated rings. The van der Waals surface area contributed by atoms with Gasteiger partial charge in [0.1, 0.15) is 0 Å². The van der Waals surface area contributed by atoms with Crippen molar-refractivity contribution >= 4 is 17.0 Å². The molecule has 0 saturated heterocycles. The molecule has 0 rings (SSSR count). The van der Waals surface area contributed by atoms with Gasteiger partial charge in [-0.25, -0.2) is 0 Å². The van der Waals surface area contributed by atoms with Crippen LogP contribution >= 0.6 is 17.0 Å². The highest BCUT2D eigenvalue weighted by Crippen LogP contribution is 2.11. The molecule has 18 heavy (non-hydrogen) atoms. The van der Waals surface area contributed by atoms with Gasteiger partial charge < -0.3 is 5.32 Å². The average molecular weight is 322 g/mol. The van der Waals surface area contributed by atoms with Crippen LogP contribution in [0.2, 0.25) is 0 Å². The normalized spacial score (nSPS) is 10.3. The van der Waals surface area contributed by atoms with E-state index in [9.17, 15) is 0 Å². The van der Waals surface area contributed by atoms with Crippen LogP contribution in [0.5, 0.6) is 0 Å². The summed E-state index contributed by atoms with van der Waals surface area (Å²) in [5, 5.41) is 3.38. The van der Waals surface area contributed by atoms with Crippen LogP contribution in [0.1, 0.15) is 90.9 Å². The quantitative estimate of drug-likeness (QED) is 0.394. The molecule has 0 saturated carbocycles. The molecular formula is C16H36BrN. The Morgan fingerprint density at radius 1 is 0.556 bits per heavy atom. The zero-order valence-electron chi connectivity index (χ0n) is 12.8. The Kier molecular flexibility index (Phi) is 22.8. The van der Waals surface area contributed by atoms with Gasteiger partial charge in [0.25, 0.3) is 0 Å². The van der Waals surface area contributed by atoms with Gasteiger partial charge in [-0.3, -0.25) is 0 Å². The first-order valence-electron chi connectivity index (χ1n) is 8.12. The summed E-state index contributed by atoms with van der Waals surface area (Å²) in [7, 11) is 0. The van der Waals surface area contributed by atoms with Crippen LogP contribution in [-0.4, -0.2) is 13.1 Å². The van der Waals surface area contributed by atoms with E-state index in [1.807, 2.05) is 0 Å². The molecule has 0 aromatic heterocycles. The second-order valence-electron chi connectivity index (χ2n) is 5.24. The van der Waals surface area contributed by atoms with Gasteiger partial charge >= 0.3 is 0 Å². The lowest BCUT2D eigenvalue weighted by atomic mass is 10.1. The first-order valence-corrected chi connectivity index (χ1v) is 8.12. The zero-order chi connectivity index (χ0) is 12.6. The lowest BCUT2D eigenvalue weighted by molar-refractivity contribution is 0.538. The highest BCUT2D eigenvalue weighted by molar-refractivity contribution is 8.93. The van der Waals surface area contributed by atoms with Crippen LogP contribution in [0.25, 0.3) is 0 Å². The van der Waals surface area contributed by atoms with Crippen molar-refractivity contribution in [3.05, 3.63) is 0 Å². The maximum Gasteiger partial charge on any atom is -0.00490 e. The molecule has 0 aromatic carbocycles. The minimum Gasteiger partial charge on any atom is -0.317 e. The molecule has 0 heterocycles. The highest BCUT2D eigenvalue weighted by atomic mass is 79.9. The Morgan fingerprint density at radius 2 is 0.944 bits per heavy atom. The minimum atomic E-state index is 0. The van der Waals surface area contributed by atoms with E-state index < -0.39 is 0 Å². The van der Waals surface area contributed by atoms with Gasteiger partial charge in [0.2, 0.25) is 0 Å². The third kappa shape index (κ3) is 18.8. The van der Waals surface area contributed by atoms with Crippen LogP contribution in [0.15, 0.2) is 0 Å². The fourth-order valence-electron chi connectivity index (χ4n) is 2.27. The van der Waals surface area contributed by atoms with Crippen molar-refractivity contribution in [3.63, 3.8) is 0 Å². The molecule has 0 amide bonds. The Labute approximate surface area is 126 Å². The molecule has 0 aliphatic rings. The molecule has 0 atom stereocenters. The largest absolute Gasteiger partial charge is 0.317 e. The molecule has 0 aliphatic heterocycles. The molecular weight excluding hydrogens is 286 g/mol. The van der Waals surface area contributed by atoms with E-state index in [1.165, 1.54) is 83.6 Å². The second kappa shape index (κ2) is 19.8. The Balaban J connectivity index is 0. The number of unbranched alkanes of at least 4 members (excludes halogenated alkanes) is 11. The van der Waals surface area contributed by atoms with E-state index in [4.69, 9.17) is 0 Å². The molecule has 0 spiro atoms. The summed E-state index contributed by atoms with van der Waals surface area (Å²) in [4.78, 5) is 0. The smallest absolute Gasteiger partial charge is 0.00490 e. The fraction of sp³-hybridized carbons (Fsp3) is 1.00. The first kappa shape index (κ1) is 20.8. The number of hydrogen-bond acceptors (Lipinski definition) is 1.